The number of nitrogens with zero attached hydrogens (tertiary/aromatic N) is 2. The first-order chi connectivity index (χ1) is 7.40. The van der Waals surface area contributed by atoms with Crippen LogP contribution in [-0.4, -0.2) is 54.6 Å². The molecule has 16 heavy (non-hydrogen) atoms. The standard InChI is InChI=1S/C9H15I2N3O2/c1-9(16)5-14(11)8(9)6-4-13(10)3-2-7(15)12-6/h6,8,16H,2-5H2,1H3,(H,12,15). The quantitative estimate of drug-likeness (QED) is 0.446. The zero-order valence-corrected chi connectivity index (χ0v) is 13.3. The Kier molecular flexibility index (Phi) is 3.99. The molecule has 0 saturated carbocycles. The third kappa shape index (κ3) is 2.62. The molecule has 0 spiro atoms. The highest BCUT2D eigenvalue weighted by atomic mass is 127. The van der Waals surface area contributed by atoms with E-state index in [-0.39, 0.29) is 18.0 Å². The predicted octanol–water partition coefficient (Wildman–Crippen LogP) is 0.312. The highest BCUT2D eigenvalue weighted by Gasteiger charge is 2.52. The van der Waals surface area contributed by atoms with Gasteiger partial charge >= 0.3 is 0 Å². The third-order valence-electron chi connectivity index (χ3n) is 3.11. The van der Waals surface area contributed by atoms with Crippen LogP contribution in [0.25, 0.3) is 0 Å². The molecule has 1 amide bonds. The Morgan fingerprint density at radius 3 is 2.81 bits per heavy atom. The van der Waals surface area contributed by atoms with Gasteiger partial charge in [-0.05, 0) is 6.92 Å². The molecule has 0 aliphatic carbocycles. The van der Waals surface area contributed by atoms with Crippen LogP contribution in [0.5, 0.6) is 0 Å². The molecule has 2 aliphatic rings. The van der Waals surface area contributed by atoms with Crippen molar-refractivity contribution in [1.29, 1.82) is 0 Å². The first kappa shape index (κ1) is 13.2. The summed E-state index contributed by atoms with van der Waals surface area (Å²) in [5.74, 6) is 0.0802. The largest absolute Gasteiger partial charge is 0.387 e. The number of β-amino-alcohol motifs (C(OH)–C–C–N with tert-alkyl or cyclic N) is 1. The summed E-state index contributed by atoms with van der Waals surface area (Å²) in [7, 11) is 0. The lowest BCUT2D eigenvalue weighted by Gasteiger charge is -2.52. The fourth-order valence-electron chi connectivity index (χ4n) is 2.35. The summed E-state index contributed by atoms with van der Waals surface area (Å²) >= 11 is 4.45. The van der Waals surface area contributed by atoms with Gasteiger partial charge in [0.2, 0.25) is 5.91 Å². The summed E-state index contributed by atoms with van der Waals surface area (Å²) in [5, 5.41) is 13.1. The summed E-state index contributed by atoms with van der Waals surface area (Å²) in [4.78, 5) is 11.6. The van der Waals surface area contributed by atoms with Crippen LogP contribution >= 0.6 is 45.7 Å². The zero-order chi connectivity index (χ0) is 11.9. The first-order valence-corrected chi connectivity index (χ1v) is 7.18. The summed E-state index contributed by atoms with van der Waals surface area (Å²) in [6.45, 7) is 4.05. The van der Waals surface area contributed by atoms with E-state index < -0.39 is 5.60 Å². The van der Waals surface area contributed by atoms with E-state index in [1.807, 2.05) is 6.92 Å². The first-order valence-electron chi connectivity index (χ1n) is 5.25. The molecule has 0 bridgehead atoms. The fourth-order valence-corrected chi connectivity index (χ4v) is 4.69. The van der Waals surface area contributed by atoms with Crippen molar-refractivity contribution in [3.05, 3.63) is 0 Å². The predicted molar refractivity (Wildman–Crippen MR) is 77.3 cm³/mol. The molecule has 92 valence electrons. The summed E-state index contributed by atoms with van der Waals surface area (Å²) in [5.41, 5.74) is -0.693. The van der Waals surface area contributed by atoms with Gasteiger partial charge in [-0.15, -0.1) is 0 Å². The molecule has 3 unspecified atom stereocenters. The molecule has 2 rings (SSSR count). The van der Waals surface area contributed by atoms with Crippen molar-refractivity contribution < 1.29 is 9.90 Å². The van der Waals surface area contributed by atoms with Crippen molar-refractivity contribution in [2.45, 2.75) is 31.0 Å². The molecule has 2 fully saturated rings. The van der Waals surface area contributed by atoms with E-state index in [4.69, 9.17) is 0 Å². The van der Waals surface area contributed by atoms with Crippen molar-refractivity contribution >= 4 is 51.6 Å². The lowest BCUT2D eigenvalue weighted by molar-refractivity contribution is -0.125. The topological polar surface area (TPSA) is 55.8 Å². The third-order valence-corrected chi connectivity index (χ3v) is 4.93. The Hall–Kier alpha value is 0.810. The van der Waals surface area contributed by atoms with Crippen LogP contribution in [-0.2, 0) is 4.79 Å². The number of halogens is 2. The Morgan fingerprint density at radius 2 is 2.25 bits per heavy atom. The number of amides is 1. The van der Waals surface area contributed by atoms with E-state index in [1.54, 1.807) is 0 Å². The van der Waals surface area contributed by atoms with E-state index in [9.17, 15) is 9.90 Å². The molecule has 7 heteroatoms. The van der Waals surface area contributed by atoms with Gasteiger partial charge in [0.05, 0.1) is 17.7 Å². The molecule has 0 aromatic heterocycles. The van der Waals surface area contributed by atoms with Crippen LogP contribution < -0.4 is 5.32 Å². The summed E-state index contributed by atoms with van der Waals surface area (Å²) in [6.07, 6.45) is 0.537. The lowest BCUT2D eigenvalue weighted by atomic mass is 9.83. The van der Waals surface area contributed by atoms with E-state index >= 15 is 0 Å². The van der Waals surface area contributed by atoms with Crippen LogP contribution in [0.15, 0.2) is 0 Å². The van der Waals surface area contributed by atoms with Gasteiger partial charge in [-0.1, -0.05) is 0 Å². The van der Waals surface area contributed by atoms with Crippen LogP contribution in [0.3, 0.4) is 0 Å². The summed E-state index contributed by atoms with van der Waals surface area (Å²) in [6, 6.07) is 0.0139. The van der Waals surface area contributed by atoms with Crippen LogP contribution in [0.4, 0.5) is 0 Å². The SMILES string of the molecule is CC1(O)CN(I)C1C1CN(I)CCC(=O)N1. The number of aliphatic hydroxyl groups is 1. The molecule has 2 saturated heterocycles. The van der Waals surface area contributed by atoms with Crippen molar-refractivity contribution in [3.8, 4) is 0 Å². The van der Waals surface area contributed by atoms with Crippen LogP contribution in [0, 0.1) is 0 Å². The fraction of sp³-hybridized carbons (Fsp3) is 0.889. The number of nitrogens with one attached hydrogen (secondary N) is 1. The van der Waals surface area contributed by atoms with Gasteiger partial charge in [0.15, 0.2) is 0 Å². The second-order valence-electron chi connectivity index (χ2n) is 4.65. The van der Waals surface area contributed by atoms with Crippen molar-refractivity contribution in [3.63, 3.8) is 0 Å². The van der Waals surface area contributed by atoms with Crippen LogP contribution in [0.2, 0.25) is 0 Å². The van der Waals surface area contributed by atoms with Gasteiger partial charge in [-0.2, -0.15) is 0 Å². The molecule has 5 nitrogen and oxygen atoms in total. The highest BCUT2D eigenvalue weighted by Crippen LogP contribution is 2.35. The minimum atomic E-state index is -0.693. The molecular weight excluding hydrogens is 436 g/mol. The van der Waals surface area contributed by atoms with Crippen molar-refractivity contribution in [1.82, 2.24) is 11.5 Å². The maximum Gasteiger partial charge on any atom is 0.221 e. The van der Waals surface area contributed by atoms with Crippen LogP contribution in [0.1, 0.15) is 13.3 Å². The zero-order valence-electron chi connectivity index (χ0n) is 8.99. The van der Waals surface area contributed by atoms with Gasteiger partial charge in [0.25, 0.3) is 0 Å². The van der Waals surface area contributed by atoms with Crippen molar-refractivity contribution in [2.24, 2.45) is 0 Å². The number of carbonyl (C=O) groups is 1. The van der Waals surface area contributed by atoms with Gasteiger partial charge in [-0.3, -0.25) is 4.79 Å². The summed E-state index contributed by atoms with van der Waals surface area (Å²) < 4.78 is 4.18. The van der Waals surface area contributed by atoms with E-state index in [2.05, 4.69) is 57.3 Å². The number of carbonyl (C=O) groups excluding carboxylic acids is 1. The molecule has 3 atom stereocenters. The average Bonchev–Trinajstić information content (AvgIpc) is 2.26. The Bertz CT molecular complexity index is 300. The smallest absolute Gasteiger partial charge is 0.221 e. The van der Waals surface area contributed by atoms with Crippen molar-refractivity contribution in [2.75, 3.05) is 19.6 Å². The molecule has 0 aromatic rings. The Balaban J connectivity index is 2.09. The van der Waals surface area contributed by atoms with E-state index in [1.165, 1.54) is 0 Å². The minimum Gasteiger partial charge on any atom is -0.387 e. The molecule has 0 aromatic carbocycles. The molecule has 0 radical (unpaired) electrons. The normalized spacial score (nSPS) is 42.4. The maximum absolute atomic E-state index is 11.6. The number of rotatable bonds is 1. The number of hydrogen-bond donors (Lipinski definition) is 2. The van der Waals surface area contributed by atoms with Gasteiger partial charge in [0, 0.05) is 71.8 Å². The molecular formula is C9H15I2N3O2. The van der Waals surface area contributed by atoms with E-state index in [0.29, 0.717) is 13.0 Å². The highest BCUT2D eigenvalue weighted by molar-refractivity contribution is 14.1. The molecule has 2 aliphatic heterocycles. The monoisotopic (exact) mass is 451 g/mol. The Morgan fingerprint density at radius 1 is 1.56 bits per heavy atom. The second-order valence-corrected chi connectivity index (χ2v) is 7.26. The maximum atomic E-state index is 11.6. The minimum absolute atomic E-state index is 0.00687. The lowest BCUT2D eigenvalue weighted by Crippen LogP contribution is -2.72. The van der Waals surface area contributed by atoms with Gasteiger partial charge in [-0.25, -0.2) is 6.23 Å². The number of hydrogen-bond acceptors (Lipinski definition) is 4. The molecule has 2 heterocycles. The Labute approximate surface area is 123 Å². The molecule has 2 N–H and O–H groups in total. The second kappa shape index (κ2) is 4.82. The van der Waals surface area contributed by atoms with E-state index in [0.717, 1.165) is 13.1 Å². The average molecular weight is 451 g/mol. The van der Waals surface area contributed by atoms with Gasteiger partial charge in [0.1, 0.15) is 0 Å². The van der Waals surface area contributed by atoms with Gasteiger partial charge < -0.3 is 10.4 Å².